The first-order valence-corrected chi connectivity index (χ1v) is 9.17. The highest BCUT2D eigenvalue weighted by Gasteiger charge is 2.23. The maximum atomic E-state index is 11.7. The smallest absolute Gasteiger partial charge is 0.266 e. The van der Waals surface area contributed by atoms with Gasteiger partial charge in [-0.3, -0.25) is 9.69 Å². The first-order valence-electron chi connectivity index (χ1n) is 9.17. The standard InChI is InChI=1S/C19H22N6O/c20-14-16-13-15-3-1-4-17(15)22-19(16)24-10-7-23(8-11-24)9-12-25-18(26)5-2-6-21-25/h2,5-6,13H,1,3-4,7-12H2. The Hall–Kier alpha value is -2.72. The first-order chi connectivity index (χ1) is 12.7. The highest BCUT2D eigenvalue weighted by Crippen LogP contribution is 2.27. The number of aryl methyl sites for hydroxylation is 2. The Morgan fingerprint density at radius 1 is 1.15 bits per heavy atom. The Balaban J connectivity index is 1.39. The van der Waals surface area contributed by atoms with Crippen molar-refractivity contribution in [3.05, 3.63) is 51.6 Å². The van der Waals surface area contributed by atoms with Crippen LogP contribution in [0, 0.1) is 11.3 Å². The number of hydrogen-bond donors (Lipinski definition) is 0. The van der Waals surface area contributed by atoms with Gasteiger partial charge in [-0.1, -0.05) is 0 Å². The highest BCUT2D eigenvalue weighted by atomic mass is 16.1. The van der Waals surface area contributed by atoms with Gasteiger partial charge in [0.05, 0.1) is 12.1 Å². The summed E-state index contributed by atoms with van der Waals surface area (Å²) in [5.41, 5.74) is 3.03. The molecule has 0 bridgehead atoms. The molecule has 1 aliphatic carbocycles. The van der Waals surface area contributed by atoms with E-state index in [4.69, 9.17) is 4.98 Å². The zero-order chi connectivity index (χ0) is 17.9. The molecule has 0 amide bonds. The van der Waals surface area contributed by atoms with Crippen molar-refractivity contribution in [3.8, 4) is 6.07 Å². The Morgan fingerprint density at radius 2 is 2.00 bits per heavy atom. The minimum atomic E-state index is -0.0628. The molecule has 1 saturated heterocycles. The van der Waals surface area contributed by atoms with Crippen molar-refractivity contribution in [1.82, 2.24) is 19.7 Å². The first kappa shape index (κ1) is 16.7. The number of rotatable bonds is 4. The summed E-state index contributed by atoms with van der Waals surface area (Å²) in [6.45, 7) is 4.87. The van der Waals surface area contributed by atoms with Crippen LogP contribution in [0.25, 0.3) is 0 Å². The van der Waals surface area contributed by atoms with Crippen molar-refractivity contribution in [2.24, 2.45) is 0 Å². The molecule has 2 aromatic heterocycles. The molecule has 3 heterocycles. The quantitative estimate of drug-likeness (QED) is 0.812. The van der Waals surface area contributed by atoms with Crippen LogP contribution >= 0.6 is 0 Å². The Bertz CT molecular complexity index is 892. The monoisotopic (exact) mass is 350 g/mol. The molecule has 26 heavy (non-hydrogen) atoms. The summed E-state index contributed by atoms with van der Waals surface area (Å²) in [7, 11) is 0. The summed E-state index contributed by atoms with van der Waals surface area (Å²) in [4.78, 5) is 21.1. The van der Waals surface area contributed by atoms with Gasteiger partial charge in [-0.15, -0.1) is 0 Å². The molecule has 0 spiro atoms. The van der Waals surface area contributed by atoms with Crippen LogP contribution in [-0.4, -0.2) is 52.4 Å². The maximum Gasteiger partial charge on any atom is 0.266 e. The van der Waals surface area contributed by atoms with Crippen molar-refractivity contribution in [2.45, 2.75) is 25.8 Å². The third-order valence-electron chi connectivity index (χ3n) is 5.24. The summed E-state index contributed by atoms with van der Waals surface area (Å²) < 4.78 is 1.50. The molecule has 1 aliphatic heterocycles. The zero-order valence-electron chi connectivity index (χ0n) is 14.8. The molecule has 2 aromatic rings. The molecule has 1 fully saturated rings. The van der Waals surface area contributed by atoms with Crippen molar-refractivity contribution in [3.63, 3.8) is 0 Å². The number of hydrogen-bond acceptors (Lipinski definition) is 6. The van der Waals surface area contributed by atoms with Gasteiger partial charge >= 0.3 is 0 Å². The van der Waals surface area contributed by atoms with Gasteiger partial charge in [0.15, 0.2) is 0 Å². The Kier molecular flexibility index (Phi) is 4.67. The van der Waals surface area contributed by atoms with Gasteiger partial charge in [0.1, 0.15) is 11.9 Å². The number of aromatic nitrogens is 3. The lowest BCUT2D eigenvalue weighted by Gasteiger charge is -2.35. The molecule has 0 aromatic carbocycles. The van der Waals surface area contributed by atoms with Gasteiger partial charge in [-0.2, -0.15) is 10.4 Å². The number of nitriles is 1. The van der Waals surface area contributed by atoms with Crippen LogP contribution in [-0.2, 0) is 19.4 Å². The number of fused-ring (bicyclic) bond motifs is 1. The van der Waals surface area contributed by atoms with Crippen LogP contribution in [0.15, 0.2) is 29.2 Å². The van der Waals surface area contributed by atoms with Crippen LogP contribution < -0.4 is 10.5 Å². The van der Waals surface area contributed by atoms with Gasteiger partial charge in [-0.25, -0.2) is 9.67 Å². The largest absolute Gasteiger partial charge is 0.353 e. The molecule has 134 valence electrons. The third kappa shape index (κ3) is 3.33. The van der Waals surface area contributed by atoms with E-state index in [2.05, 4.69) is 21.0 Å². The minimum Gasteiger partial charge on any atom is -0.353 e. The second-order valence-corrected chi connectivity index (χ2v) is 6.84. The van der Waals surface area contributed by atoms with Crippen molar-refractivity contribution in [1.29, 1.82) is 5.26 Å². The van der Waals surface area contributed by atoms with Crippen molar-refractivity contribution < 1.29 is 0 Å². The Labute approximate surface area is 152 Å². The second-order valence-electron chi connectivity index (χ2n) is 6.84. The normalized spacial score (nSPS) is 17.1. The lowest BCUT2D eigenvalue weighted by atomic mass is 10.1. The summed E-state index contributed by atoms with van der Waals surface area (Å²) in [5.74, 6) is 0.841. The molecule has 0 radical (unpaired) electrons. The summed E-state index contributed by atoms with van der Waals surface area (Å²) in [6, 6.07) is 7.55. The maximum absolute atomic E-state index is 11.7. The fourth-order valence-electron chi connectivity index (χ4n) is 3.76. The van der Waals surface area contributed by atoms with E-state index >= 15 is 0 Å². The van der Waals surface area contributed by atoms with E-state index in [-0.39, 0.29) is 5.56 Å². The topological polar surface area (TPSA) is 78.1 Å². The van der Waals surface area contributed by atoms with Crippen LogP contribution in [0.5, 0.6) is 0 Å². The summed E-state index contributed by atoms with van der Waals surface area (Å²) >= 11 is 0. The van der Waals surface area contributed by atoms with Crippen LogP contribution in [0.3, 0.4) is 0 Å². The van der Waals surface area contributed by atoms with Crippen molar-refractivity contribution in [2.75, 3.05) is 37.6 Å². The summed E-state index contributed by atoms with van der Waals surface area (Å²) in [5, 5.41) is 13.6. The molecule has 0 saturated carbocycles. The van der Waals surface area contributed by atoms with Gasteiger partial charge in [0, 0.05) is 50.7 Å². The second kappa shape index (κ2) is 7.26. The number of piperazine rings is 1. The fraction of sp³-hybridized carbons (Fsp3) is 0.474. The molecule has 7 nitrogen and oxygen atoms in total. The van der Waals surface area contributed by atoms with E-state index in [1.807, 2.05) is 6.07 Å². The lowest BCUT2D eigenvalue weighted by Crippen LogP contribution is -2.48. The number of pyridine rings is 1. The fourth-order valence-corrected chi connectivity index (χ4v) is 3.76. The molecule has 0 unspecified atom stereocenters. The number of anilines is 1. The summed E-state index contributed by atoms with van der Waals surface area (Å²) in [6.07, 6.45) is 4.84. The average Bonchev–Trinajstić information content (AvgIpc) is 3.14. The van der Waals surface area contributed by atoms with E-state index in [0.717, 1.165) is 63.5 Å². The SMILES string of the molecule is N#Cc1cc2c(nc1N1CCN(CCn3ncccc3=O)CC1)CCC2. The van der Waals surface area contributed by atoms with E-state index in [1.165, 1.54) is 16.3 Å². The van der Waals surface area contributed by atoms with Gasteiger partial charge in [0.2, 0.25) is 0 Å². The molecular formula is C19H22N6O. The Morgan fingerprint density at radius 3 is 2.77 bits per heavy atom. The zero-order valence-corrected chi connectivity index (χ0v) is 14.8. The molecular weight excluding hydrogens is 328 g/mol. The average molecular weight is 350 g/mol. The van der Waals surface area contributed by atoms with E-state index in [0.29, 0.717) is 12.1 Å². The van der Waals surface area contributed by atoms with E-state index < -0.39 is 0 Å². The molecule has 2 aliphatic rings. The lowest BCUT2D eigenvalue weighted by molar-refractivity contribution is 0.242. The third-order valence-corrected chi connectivity index (χ3v) is 5.24. The van der Waals surface area contributed by atoms with Crippen LogP contribution in [0.1, 0.15) is 23.2 Å². The highest BCUT2D eigenvalue weighted by molar-refractivity contribution is 5.57. The molecule has 4 rings (SSSR count). The van der Waals surface area contributed by atoms with Crippen molar-refractivity contribution >= 4 is 5.82 Å². The van der Waals surface area contributed by atoms with E-state index in [1.54, 1.807) is 12.3 Å². The molecule has 0 atom stereocenters. The van der Waals surface area contributed by atoms with E-state index in [9.17, 15) is 10.1 Å². The molecule has 7 heteroatoms. The van der Waals surface area contributed by atoms with Gasteiger partial charge < -0.3 is 4.90 Å². The number of nitrogens with zero attached hydrogens (tertiary/aromatic N) is 6. The van der Waals surface area contributed by atoms with Gasteiger partial charge in [-0.05, 0) is 37.0 Å². The minimum absolute atomic E-state index is 0.0628. The van der Waals surface area contributed by atoms with Crippen LogP contribution in [0.2, 0.25) is 0 Å². The van der Waals surface area contributed by atoms with Crippen LogP contribution in [0.4, 0.5) is 5.82 Å². The predicted molar refractivity (Wildman–Crippen MR) is 98.1 cm³/mol. The molecule has 0 N–H and O–H groups in total. The van der Waals surface area contributed by atoms with Gasteiger partial charge in [0.25, 0.3) is 5.56 Å². The predicted octanol–water partition coefficient (Wildman–Crippen LogP) is 0.821.